The molecule has 3 aromatic carbocycles. The second-order valence-electron chi connectivity index (χ2n) is 7.26. The van der Waals surface area contributed by atoms with Crippen LogP contribution in [0.25, 0.3) is 16.8 Å². The first-order chi connectivity index (χ1) is 16.0. The van der Waals surface area contributed by atoms with Crippen LogP contribution in [-0.4, -0.2) is 29.2 Å². The maximum absolute atomic E-state index is 12.6. The SMILES string of the molecule is C=CCN1C(=O)S/C(=C/c2cc(OCC)c(OCc3cccc4ccccc34)cc2Br)C1=O. The number of fused-ring (bicyclic) bond motifs is 1. The van der Waals surface area contributed by atoms with Crippen LogP contribution in [0.1, 0.15) is 18.1 Å². The van der Waals surface area contributed by atoms with Crippen molar-refractivity contribution in [3.05, 3.63) is 87.8 Å². The van der Waals surface area contributed by atoms with E-state index in [0.29, 0.717) is 29.6 Å². The fraction of sp³-hybridized carbons (Fsp3) is 0.154. The van der Waals surface area contributed by atoms with E-state index in [4.69, 9.17) is 9.47 Å². The lowest BCUT2D eigenvalue weighted by molar-refractivity contribution is -0.122. The summed E-state index contributed by atoms with van der Waals surface area (Å²) in [6, 6.07) is 18.0. The van der Waals surface area contributed by atoms with Crippen molar-refractivity contribution in [3.8, 4) is 11.5 Å². The Hall–Kier alpha value is -3.03. The summed E-state index contributed by atoms with van der Waals surface area (Å²) in [6.45, 7) is 6.53. The van der Waals surface area contributed by atoms with Gasteiger partial charge in [0.2, 0.25) is 0 Å². The zero-order chi connectivity index (χ0) is 23.4. The van der Waals surface area contributed by atoms with E-state index in [9.17, 15) is 9.59 Å². The highest BCUT2D eigenvalue weighted by atomic mass is 79.9. The fourth-order valence-electron chi connectivity index (χ4n) is 3.54. The maximum atomic E-state index is 12.6. The van der Waals surface area contributed by atoms with Crippen molar-refractivity contribution in [3.63, 3.8) is 0 Å². The van der Waals surface area contributed by atoms with Crippen LogP contribution in [0.15, 0.2) is 76.6 Å². The fourth-order valence-corrected chi connectivity index (χ4v) is 4.82. The second kappa shape index (κ2) is 10.3. The number of hydrogen-bond donors (Lipinski definition) is 0. The number of ether oxygens (including phenoxy) is 2. The lowest BCUT2D eigenvalue weighted by atomic mass is 10.1. The van der Waals surface area contributed by atoms with Gasteiger partial charge in [-0.3, -0.25) is 14.5 Å². The summed E-state index contributed by atoms with van der Waals surface area (Å²) in [4.78, 5) is 26.2. The summed E-state index contributed by atoms with van der Waals surface area (Å²) in [5.74, 6) is 0.831. The molecule has 0 saturated carbocycles. The summed E-state index contributed by atoms with van der Waals surface area (Å²) in [5, 5.41) is 2.00. The molecule has 7 heteroatoms. The van der Waals surface area contributed by atoms with E-state index in [1.165, 1.54) is 11.0 Å². The molecule has 0 unspecified atom stereocenters. The van der Waals surface area contributed by atoms with Gasteiger partial charge in [-0.1, -0.05) is 64.5 Å². The predicted octanol–water partition coefficient (Wildman–Crippen LogP) is 6.80. The first kappa shape index (κ1) is 23.1. The average Bonchev–Trinajstić information content (AvgIpc) is 3.08. The topological polar surface area (TPSA) is 55.8 Å². The molecule has 1 aliphatic heterocycles. The number of nitrogens with zero attached hydrogens (tertiary/aromatic N) is 1. The second-order valence-corrected chi connectivity index (χ2v) is 9.11. The Kier molecular flexibility index (Phi) is 7.20. The zero-order valence-electron chi connectivity index (χ0n) is 18.0. The summed E-state index contributed by atoms with van der Waals surface area (Å²) >= 11 is 4.49. The standard InChI is InChI=1S/C26H22BrNO4S/c1-3-12-28-25(29)24(33-26(28)30)14-19-13-22(31-4-2)23(15-21(19)27)32-16-18-10-7-9-17-8-5-6-11-20(17)18/h3,5-11,13-15H,1,4,12,16H2,2H3/b24-14+. The Morgan fingerprint density at radius 3 is 2.61 bits per heavy atom. The molecule has 5 nitrogen and oxygen atoms in total. The van der Waals surface area contributed by atoms with E-state index in [1.54, 1.807) is 6.08 Å². The largest absolute Gasteiger partial charge is 0.490 e. The number of imide groups is 1. The number of carbonyl (C=O) groups excluding carboxylic acids is 2. The molecule has 168 valence electrons. The number of carbonyl (C=O) groups is 2. The highest BCUT2D eigenvalue weighted by molar-refractivity contribution is 9.10. The zero-order valence-corrected chi connectivity index (χ0v) is 20.4. The van der Waals surface area contributed by atoms with Crippen LogP contribution in [0.5, 0.6) is 11.5 Å². The molecule has 4 rings (SSSR count). The van der Waals surface area contributed by atoms with E-state index < -0.39 is 0 Å². The average molecular weight is 524 g/mol. The molecule has 0 spiro atoms. The third kappa shape index (κ3) is 4.99. The number of amides is 2. The molecule has 0 radical (unpaired) electrons. The normalized spacial score (nSPS) is 14.8. The number of benzene rings is 3. The van der Waals surface area contributed by atoms with Crippen molar-refractivity contribution in [2.45, 2.75) is 13.5 Å². The molecule has 1 saturated heterocycles. The monoisotopic (exact) mass is 523 g/mol. The molecule has 0 aromatic heterocycles. The van der Waals surface area contributed by atoms with Crippen molar-refractivity contribution < 1.29 is 19.1 Å². The van der Waals surface area contributed by atoms with Crippen molar-refractivity contribution in [2.24, 2.45) is 0 Å². The highest BCUT2D eigenvalue weighted by Crippen LogP contribution is 2.38. The van der Waals surface area contributed by atoms with Gasteiger partial charge in [-0.15, -0.1) is 6.58 Å². The molecule has 1 fully saturated rings. The van der Waals surface area contributed by atoms with Gasteiger partial charge >= 0.3 is 0 Å². The Morgan fingerprint density at radius 1 is 1.06 bits per heavy atom. The number of thioether (sulfide) groups is 1. The minimum atomic E-state index is -0.328. The highest BCUT2D eigenvalue weighted by Gasteiger charge is 2.34. The van der Waals surface area contributed by atoms with Gasteiger partial charge in [0.05, 0.1) is 11.5 Å². The van der Waals surface area contributed by atoms with E-state index in [-0.39, 0.29) is 17.7 Å². The van der Waals surface area contributed by atoms with Gasteiger partial charge in [-0.25, -0.2) is 0 Å². The molecule has 2 amide bonds. The molecule has 3 aromatic rings. The van der Waals surface area contributed by atoms with Crippen LogP contribution >= 0.6 is 27.7 Å². The van der Waals surface area contributed by atoms with Gasteiger partial charge < -0.3 is 9.47 Å². The first-order valence-corrected chi connectivity index (χ1v) is 12.0. The molecule has 0 bridgehead atoms. The van der Waals surface area contributed by atoms with Crippen molar-refractivity contribution in [1.82, 2.24) is 4.90 Å². The summed E-state index contributed by atoms with van der Waals surface area (Å²) < 4.78 is 12.7. The lowest BCUT2D eigenvalue weighted by Crippen LogP contribution is -2.27. The van der Waals surface area contributed by atoms with E-state index in [2.05, 4.69) is 40.7 Å². The van der Waals surface area contributed by atoms with Gasteiger partial charge in [0.25, 0.3) is 11.1 Å². The quantitative estimate of drug-likeness (QED) is 0.240. The third-order valence-corrected chi connectivity index (χ3v) is 6.69. The third-order valence-electron chi connectivity index (χ3n) is 5.10. The lowest BCUT2D eigenvalue weighted by Gasteiger charge is -2.15. The van der Waals surface area contributed by atoms with Crippen molar-refractivity contribution >= 4 is 55.7 Å². The van der Waals surface area contributed by atoms with E-state index in [1.807, 2.05) is 43.3 Å². The van der Waals surface area contributed by atoms with Crippen molar-refractivity contribution in [2.75, 3.05) is 13.2 Å². The number of rotatable bonds is 8. The molecule has 33 heavy (non-hydrogen) atoms. The summed E-state index contributed by atoms with van der Waals surface area (Å²) in [7, 11) is 0. The molecular formula is C26H22BrNO4S. The predicted molar refractivity (Wildman–Crippen MR) is 136 cm³/mol. The van der Waals surface area contributed by atoms with Gasteiger partial charge in [-0.2, -0.15) is 0 Å². The van der Waals surface area contributed by atoms with Gasteiger partial charge in [-0.05, 0) is 58.8 Å². The van der Waals surface area contributed by atoms with Gasteiger partial charge in [0, 0.05) is 11.0 Å². The Morgan fingerprint density at radius 2 is 1.82 bits per heavy atom. The number of hydrogen-bond acceptors (Lipinski definition) is 5. The Labute approximate surface area is 205 Å². The van der Waals surface area contributed by atoms with Crippen molar-refractivity contribution in [1.29, 1.82) is 0 Å². The van der Waals surface area contributed by atoms with Crippen LogP contribution in [0, 0.1) is 0 Å². The smallest absolute Gasteiger partial charge is 0.293 e. The minimum Gasteiger partial charge on any atom is -0.490 e. The van der Waals surface area contributed by atoms with Crippen LogP contribution in [0.4, 0.5) is 4.79 Å². The van der Waals surface area contributed by atoms with Gasteiger partial charge in [0.15, 0.2) is 11.5 Å². The Bertz CT molecular complexity index is 1270. The molecule has 0 atom stereocenters. The first-order valence-electron chi connectivity index (χ1n) is 10.4. The van der Waals surface area contributed by atoms with Crippen LogP contribution in [0.3, 0.4) is 0 Å². The molecule has 0 aliphatic carbocycles. The Balaban J connectivity index is 1.62. The number of halogens is 1. The van der Waals surface area contributed by atoms with Crippen LogP contribution < -0.4 is 9.47 Å². The molecule has 0 N–H and O–H groups in total. The van der Waals surface area contributed by atoms with Crippen LogP contribution in [0.2, 0.25) is 0 Å². The van der Waals surface area contributed by atoms with E-state index >= 15 is 0 Å². The van der Waals surface area contributed by atoms with E-state index in [0.717, 1.165) is 38.1 Å². The minimum absolute atomic E-state index is 0.189. The van der Waals surface area contributed by atoms with Gasteiger partial charge in [0.1, 0.15) is 6.61 Å². The molecular weight excluding hydrogens is 502 g/mol. The molecule has 1 aliphatic rings. The maximum Gasteiger partial charge on any atom is 0.293 e. The summed E-state index contributed by atoms with van der Waals surface area (Å²) in [6.07, 6.45) is 3.22. The summed E-state index contributed by atoms with van der Waals surface area (Å²) in [5.41, 5.74) is 1.80. The van der Waals surface area contributed by atoms with Crippen LogP contribution in [-0.2, 0) is 11.4 Å². The molecule has 1 heterocycles.